The molecule has 0 fully saturated rings. The highest BCUT2D eigenvalue weighted by Gasteiger charge is 2.30. The van der Waals surface area contributed by atoms with Crippen molar-refractivity contribution in [1.29, 1.82) is 0 Å². The summed E-state index contributed by atoms with van der Waals surface area (Å²) in [6.45, 7) is 9.24. The van der Waals surface area contributed by atoms with E-state index in [1.807, 2.05) is 13.8 Å². The summed E-state index contributed by atoms with van der Waals surface area (Å²) in [6.07, 6.45) is 5.15. The van der Waals surface area contributed by atoms with Crippen molar-refractivity contribution >= 4 is 16.4 Å². The number of unbranched alkanes of at least 4 members (excludes halogenated alkanes) is 2. The Balaban J connectivity index is -0.000000173. The van der Waals surface area contributed by atoms with Gasteiger partial charge in [0.1, 0.15) is 0 Å². The van der Waals surface area contributed by atoms with Gasteiger partial charge in [-0.05, 0) is 25.7 Å². The molecular formula is C14H36N2O6S. The minimum absolute atomic E-state index is 0. The number of hydrogen-bond donors (Lipinski definition) is 2. The number of aliphatic carboxylic acids is 1. The monoisotopic (exact) mass is 360 g/mol. The van der Waals surface area contributed by atoms with Crippen LogP contribution in [0.15, 0.2) is 0 Å². The average Bonchev–Trinajstić information content (AvgIpc) is 2.36. The van der Waals surface area contributed by atoms with Crippen LogP contribution in [0.1, 0.15) is 66.7 Å². The molecule has 144 valence electrons. The molecule has 0 bridgehead atoms. The van der Waals surface area contributed by atoms with Gasteiger partial charge in [-0.2, -0.15) is 0 Å². The maximum atomic E-state index is 11.0. The number of carboxylic acid groups (broad SMARTS) is 1. The van der Waals surface area contributed by atoms with Crippen LogP contribution in [0.5, 0.6) is 0 Å². The summed E-state index contributed by atoms with van der Waals surface area (Å²) in [7, 11) is -4.42. The molecule has 0 aliphatic rings. The van der Waals surface area contributed by atoms with Crippen LogP contribution in [0.25, 0.3) is 0 Å². The lowest BCUT2D eigenvalue weighted by Gasteiger charge is -2.36. The van der Waals surface area contributed by atoms with Gasteiger partial charge in [-0.25, -0.2) is 8.42 Å². The summed E-state index contributed by atoms with van der Waals surface area (Å²) >= 11 is 0. The summed E-state index contributed by atoms with van der Waals surface area (Å²) in [5.41, 5.74) is -0.645. The molecule has 0 heterocycles. The van der Waals surface area contributed by atoms with E-state index in [9.17, 15) is 22.9 Å². The number of hydrogen-bond acceptors (Lipinski definition) is 6. The van der Waals surface area contributed by atoms with Crippen LogP contribution in [-0.2, 0) is 19.4 Å². The summed E-state index contributed by atoms with van der Waals surface area (Å²) in [4.78, 5) is 11.0. The van der Waals surface area contributed by atoms with Crippen LogP contribution in [-0.4, -0.2) is 25.5 Å². The van der Waals surface area contributed by atoms with Gasteiger partial charge >= 0.3 is 0 Å². The number of quaternary nitrogens is 2. The first kappa shape index (κ1) is 30.2. The summed E-state index contributed by atoms with van der Waals surface area (Å²) in [6, 6.07) is 0. The van der Waals surface area contributed by atoms with Crippen LogP contribution in [0.2, 0.25) is 0 Å². The second-order valence-corrected chi connectivity index (χ2v) is 6.32. The zero-order chi connectivity index (χ0) is 17.1. The van der Waals surface area contributed by atoms with Crippen molar-refractivity contribution in [3.05, 3.63) is 0 Å². The maximum absolute atomic E-state index is 11.0. The third-order valence-corrected chi connectivity index (χ3v) is 4.32. The lowest BCUT2D eigenvalue weighted by molar-refractivity contribution is -0.321. The summed E-state index contributed by atoms with van der Waals surface area (Å²) < 4.78 is 32.0. The van der Waals surface area contributed by atoms with Gasteiger partial charge in [-0.1, -0.05) is 47.0 Å². The zero-order valence-electron chi connectivity index (χ0n) is 15.7. The molecule has 2 atom stereocenters. The molecule has 0 aromatic heterocycles. The molecule has 8 N–H and O–H groups in total. The first-order valence-electron chi connectivity index (χ1n) is 7.36. The second kappa shape index (κ2) is 14.8. The molecule has 0 aliphatic carbocycles. The Morgan fingerprint density at radius 2 is 1.65 bits per heavy atom. The van der Waals surface area contributed by atoms with Crippen molar-refractivity contribution < 1.29 is 27.1 Å². The molecule has 0 saturated carbocycles. The Bertz CT molecular complexity index is 389. The highest BCUT2D eigenvalue weighted by Crippen LogP contribution is 2.33. The van der Waals surface area contributed by atoms with E-state index in [1.165, 1.54) is 19.8 Å². The summed E-state index contributed by atoms with van der Waals surface area (Å²) in [5, 5.41) is 11.0. The van der Waals surface area contributed by atoms with E-state index in [0.29, 0.717) is 6.42 Å². The van der Waals surface area contributed by atoms with Gasteiger partial charge in [-0.3, -0.25) is 4.18 Å². The van der Waals surface area contributed by atoms with Gasteiger partial charge < -0.3 is 26.8 Å². The molecule has 0 aromatic rings. The van der Waals surface area contributed by atoms with E-state index in [0.717, 1.165) is 12.8 Å². The Labute approximate surface area is 141 Å². The molecule has 2 unspecified atom stereocenters. The zero-order valence-corrected chi connectivity index (χ0v) is 16.5. The van der Waals surface area contributed by atoms with Crippen molar-refractivity contribution in [2.45, 2.75) is 66.7 Å². The molecule has 8 nitrogen and oxygen atoms in total. The van der Waals surface area contributed by atoms with Gasteiger partial charge in [0, 0.05) is 11.4 Å². The van der Waals surface area contributed by atoms with Gasteiger partial charge in [0.25, 0.3) is 0 Å². The van der Waals surface area contributed by atoms with Crippen molar-refractivity contribution in [3.63, 3.8) is 0 Å². The van der Waals surface area contributed by atoms with E-state index < -0.39 is 21.8 Å². The largest absolute Gasteiger partial charge is 0.726 e. The Morgan fingerprint density at radius 1 is 1.17 bits per heavy atom. The first-order chi connectivity index (χ1) is 9.55. The highest BCUT2D eigenvalue weighted by molar-refractivity contribution is 7.80. The molecule has 9 heteroatoms. The third-order valence-electron chi connectivity index (χ3n) is 3.79. The molecule has 0 amide bonds. The standard InChI is InChI=1S/C12H24O2.C2H6O4S.2H3N/c1-5-7-8-9-10(3)12(4,6-2)11(13)14;1-2-6-7(3,4)5;;/h10H,5-9H2,1-4H3,(H,13,14);2H2,1H3,(H,3,4,5);2*1H3. The van der Waals surface area contributed by atoms with Gasteiger partial charge in [-0.15, -0.1) is 0 Å². The maximum Gasteiger partial charge on any atom is 0.217 e. The lowest BCUT2D eigenvalue weighted by atomic mass is 9.74. The normalized spacial score (nSPS) is 14.2. The fourth-order valence-corrected chi connectivity index (χ4v) is 2.15. The minimum Gasteiger partial charge on any atom is -0.726 e. The fraction of sp³-hybridized carbons (Fsp3) is 0.929. The van der Waals surface area contributed by atoms with Crippen LogP contribution < -0.4 is 17.4 Å². The molecule has 0 saturated heterocycles. The quantitative estimate of drug-likeness (QED) is 0.362. The van der Waals surface area contributed by atoms with E-state index in [1.54, 1.807) is 6.92 Å². The van der Waals surface area contributed by atoms with Gasteiger partial charge in [0.05, 0.1) is 6.61 Å². The second-order valence-electron chi connectivity index (χ2n) is 5.27. The third kappa shape index (κ3) is 14.6. The van der Waals surface area contributed by atoms with Crippen LogP contribution >= 0.6 is 0 Å². The average molecular weight is 361 g/mol. The SMILES string of the molecule is CCCCCC(C)C(C)(CC)C(=O)[O-].CCOS(=O)(=O)[O-].[NH4+].[NH4+]. The minimum atomic E-state index is -4.42. The Hall–Kier alpha value is -0.740. The van der Waals surface area contributed by atoms with Gasteiger partial charge in [0.2, 0.25) is 10.4 Å². The van der Waals surface area contributed by atoms with Crippen LogP contribution in [0, 0.1) is 11.3 Å². The predicted molar refractivity (Wildman–Crippen MR) is 90.0 cm³/mol. The lowest BCUT2D eigenvalue weighted by Crippen LogP contribution is -2.44. The number of carbonyl (C=O) groups excluding carboxylic acids is 1. The van der Waals surface area contributed by atoms with Crippen LogP contribution in [0.3, 0.4) is 0 Å². The molecule has 0 radical (unpaired) electrons. The molecule has 0 aliphatic heterocycles. The predicted octanol–water partition coefficient (Wildman–Crippen LogP) is 2.60. The van der Waals surface area contributed by atoms with Gasteiger partial charge in [0.15, 0.2) is 0 Å². The molecule has 0 spiro atoms. The van der Waals surface area contributed by atoms with E-state index in [4.69, 9.17) is 0 Å². The molecule has 0 rings (SSSR count). The number of carbonyl (C=O) groups is 1. The smallest absolute Gasteiger partial charge is 0.217 e. The Morgan fingerprint density at radius 3 is 1.87 bits per heavy atom. The molecule has 0 aromatic carbocycles. The van der Waals surface area contributed by atoms with Crippen molar-refractivity contribution in [1.82, 2.24) is 12.3 Å². The highest BCUT2D eigenvalue weighted by atomic mass is 32.3. The van der Waals surface area contributed by atoms with E-state index >= 15 is 0 Å². The number of rotatable bonds is 9. The van der Waals surface area contributed by atoms with Crippen molar-refractivity contribution in [3.8, 4) is 0 Å². The topological polar surface area (TPSA) is 180 Å². The van der Waals surface area contributed by atoms with Crippen LogP contribution in [0.4, 0.5) is 0 Å². The first-order valence-corrected chi connectivity index (χ1v) is 8.70. The number of carboxylic acids is 1. The van der Waals surface area contributed by atoms with E-state index in [-0.39, 0.29) is 24.8 Å². The molecule has 23 heavy (non-hydrogen) atoms. The summed E-state index contributed by atoms with van der Waals surface area (Å²) in [5.74, 6) is -0.687. The Kier molecular flexibility index (Phi) is 19.5. The van der Waals surface area contributed by atoms with Crippen molar-refractivity contribution in [2.75, 3.05) is 6.61 Å². The fourth-order valence-electron chi connectivity index (χ4n) is 1.86. The van der Waals surface area contributed by atoms with Crippen molar-refractivity contribution in [2.24, 2.45) is 11.3 Å². The molecular weight excluding hydrogens is 324 g/mol. The van der Waals surface area contributed by atoms with E-state index in [2.05, 4.69) is 11.1 Å².